The molecule has 0 aliphatic carbocycles. The molecule has 1 aromatic carbocycles. The first-order valence-electron chi connectivity index (χ1n) is 8.28. The second-order valence-corrected chi connectivity index (χ2v) is 8.86. The van der Waals surface area contributed by atoms with Crippen LogP contribution in [0.2, 0.25) is 5.02 Å². The van der Waals surface area contributed by atoms with Crippen molar-refractivity contribution in [3.05, 3.63) is 58.3 Å². The summed E-state index contributed by atoms with van der Waals surface area (Å²) in [6.07, 6.45) is 4.71. The summed E-state index contributed by atoms with van der Waals surface area (Å²) < 4.78 is 36.2. The lowest BCUT2D eigenvalue weighted by atomic mass is 10.2. The summed E-state index contributed by atoms with van der Waals surface area (Å²) in [6.45, 7) is 0.897. The van der Waals surface area contributed by atoms with E-state index in [9.17, 15) is 17.8 Å². The Balaban J connectivity index is 1.67. The Morgan fingerprint density at radius 1 is 1.26 bits per heavy atom. The monoisotopic (exact) mass is 427 g/mol. The van der Waals surface area contributed by atoms with Crippen LogP contribution in [0, 0.1) is 0 Å². The maximum atomic E-state index is 12.3. The van der Waals surface area contributed by atoms with E-state index in [-0.39, 0.29) is 11.7 Å². The first kappa shape index (κ1) is 19.8. The zero-order chi connectivity index (χ0) is 19.4. The number of amides is 1. The highest BCUT2D eigenvalue weighted by Gasteiger charge is 2.19. The van der Waals surface area contributed by atoms with Gasteiger partial charge in [-0.25, -0.2) is 13.0 Å². The Bertz CT molecular complexity index is 1040. The van der Waals surface area contributed by atoms with Gasteiger partial charge < -0.3 is 9.87 Å². The lowest BCUT2D eigenvalue weighted by molar-refractivity contribution is -0.506. The molecule has 7 nitrogen and oxygen atoms in total. The third-order valence-corrected chi connectivity index (χ3v) is 5.98. The van der Waals surface area contributed by atoms with Crippen molar-refractivity contribution in [1.29, 1.82) is 0 Å². The quantitative estimate of drug-likeness (QED) is 0.338. The van der Waals surface area contributed by atoms with Crippen LogP contribution in [0.1, 0.15) is 28.9 Å². The molecule has 0 atom stereocenters. The van der Waals surface area contributed by atoms with Crippen molar-refractivity contribution in [1.82, 2.24) is 9.88 Å². The molecule has 0 bridgehead atoms. The number of fused-ring (bicyclic) bond motifs is 1. The molecule has 0 unspecified atom stereocenters. The molecular weight excluding hydrogens is 410 g/mol. The second-order valence-electron chi connectivity index (χ2n) is 6.02. The van der Waals surface area contributed by atoms with Gasteiger partial charge in [-0.15, -0.1) is 0 Å². The number of imidazole rings is 1. The van der Waals surface area contributed by atoms with Crippen molar-refractivity contribution < 1.29 is 22.2 Å². The van der Waals surface area contributed by atoms with Crippen molar-refractivity contribution in [2.45, 2.75) is 25.9 Å². The molecular formula is C17H18ClN3O4S2. The van der Waals surface area contributed by atoms with E-state index < -0.39 is 10.1 Å². The fourth-order valence-electron chi connectivity index (χ4n) is 2.74. The number of benzene rings is 1. The minimum absolute atomic E-state index is 0.204. The lowest BCUT2D eigenvalue weighted by Crippen LogP contribution is -2.24. The molecule has 10 heteroatoms. The highest BCUT2D eigenvalue weighted by Crippen LogP contribution is 2.14. The van der Waals surface area contributed by atoms with E-state index in [1.54, 1.807) is 35.6 Å². The smallest absolute Gasteiger partial charge is 0.345 e. The van der Waals surface area contributed by atoms with Crippen LogP contribution in [0.15, 0.2) is 42.0 Å². The number of aryl methyl sites for hydroxylation is 1. The highest BCUT2D eigenvalue weighted by molar-refractivity contribution is 7.85. The standard InChI is InChI=1S/C17H18ClN3O4S2/c18-14-5-3-13(4-6-14)16(22)19-11-15-12-20-8-9-26-17(20)21(15)7-1-2-10-27(23,24)25/h3-6,8-9,12H,1-2,7,10-11H2,(H-,19,22,23,24,25). The fourth-order valence-corrected chi connectivity index (χ4v) is 4.31. The molecule has 0 saturated heterocycles. The van der Waals surface area contributed by atoms with Crippen LogP contribution < -0.4 is 9.72 Å². The van der Waals surface area contributed by atoms with E-state index in [1.807, 2.05) is 26.7 Å². The van der Waals surface area contributed by atoms with E-state index in [0.29, 0.717) is 36.5 Å². The van der Waals surface area contributed by atoms with Gasteiger partial charge in [-0.3, -0.25) is 4.79 Å². The van der Waals surface area contributed by atoms with Crippen LogP contribution in [0.5, 0.6) is 0 Å². The Labute approximate surface area is 166 Å². The molecule has 144 valence electrons. The maximum Gasteiger partial charge on any atom is 0.345 e. The molecule has 0 saturated carbocycles. The first-order chi connectivity index (χ1) is 12.8. The average molecular weight is 428 g/mol. The van der Waals surface area contributed by atoms with Crippen LogP contribution in [0.4, 0.5) is 0 Å². The summed E-state index contributed by atoms with van der Waals surface area (Å²) >= 11 is 7.39. The van der Waals surface area contributed by atoms with E-state index in [4.69, 9.17) is 11.6 Å². The molecule has 0 spiro atoms. The van der Waals surface area contributed by atoms with Gasteiger partial charge in [-0.2, -0.15) is 4.40 Å². The number of nitrogens with zero attached hydrogens (tertiary/aromatic N) is 2. The van der Waals surface area contributed by atoms with Gasteiger partial charge in [0.1, 0.15) is 12.4 Å². The van der Waals surface area contributed by atoms with Gasteiger partial charge in [0.25, 0.3) is 5.91 Å². The molecule has 2 aromatic heterocycles. The van der Waals surface area contributed by atoms with Crippen molar-refractivity contribution in [3.8, 4) is 0 Å². The number of thiazole rings is 1. The van der Waals surface area contributed by atoms with Crippen molar-refractivity contribution in [2.24, 2.45) is 0 Å². The van der Waals surface area contributed by atoms with Crippen LogP contribution in [-0.4, -0.2) is 29.2 Å². The average Bonchev–Trinajstić information content (AvgIpc) is 3.18. The first-order valence-corrected chi connectivity index (χ1v) is 11.1. The zero-order valence-electron chi connectivity index (χ0n) is 14.3. The summed E-state index contributed by atoms with van der Waals surface area (Å²) in [5.41, 5.74) is 1.42. The molecule has 27 heavy (non-hydrogen) atoms. The SMILES string of the molecule is O=C(NCc1c[n+]2ccsc2n1CCCCS(=O)(=O)[O-])c1ccc(Cl)cc1. The largest absolute Gasteiger partial charge is 0.748 e. The number of unbranched alkanes of at least 4 members (excludes halogenated alkanes) is 1. The van der Waals surface area contributed by atoms with Crippen molar-refractivity contribution in [3.63, 3.8) is 0 Å². The summed E-state index contributed by atoms with van der Waals surface area (Å²) in [5, 5.41) is 5.40. The van der Waals surface area contributed by atoms with E-state index in [1.165, 1.54) is 0 Å². The molecule has 1 amide bonds. The number of nitrogens with one attached hydrogen (secondary N) is 1. The van der Waals surface area contributed by atoms with Crippen molar-refractivity contribution in [2.75, 3.05) is 5.75 Å². The highest BCUT2D eigenvalue weighted by atomic mass is 35.5. The second kappa shape index (κ2) is 8.39. The number of carbonyl (C=O) groups is 1. The minimum Gasteiger partial charge on any atom is -0.748 e. The molecule has 0 aliphatic rings. The normalized spacial score (nSPS) is 11.8. The number of halogens is 1. The Morgan fingerprint density at radius 3 is 2.70 bits per heavy atom. The van der Waals surface area contributed by atoms with Gasteiger partial charge in [0.05, 0.1) is 23.2 Å². The van der Waals surface area contributed by atoms with Crippen LogP contribution >= 0.6 is 22.9 Å². The summed E-state index contributed by atoms with van der Waals surface area (Å²) in [5.74, 6) is -0.567. The number of hydrogen-bond donors (Lipinski definition) is 1. The molecule has 0 radical (unpaired) electrons. The summed E-state index contributed by atoms with van der Waals surface area (Å²) in [6, 6.07) is 6.64. The summed E-state index contributed by atoms with van der Waals surface area (Å²) in [4.78, 5) is 13.3. The van der Waals surface area contributed by atoms with Gasteiger partial charge in [0.15, 0.2) is 5.69 Å². The third kappa shape index (κ3) is 5.29. The van der Waals surface area contributed by atoms with Gasteiger partial charge >= 0.3 is 4.96 Å². The van der Waals surface area contributed by atoms with Gasteiger partial charge in [-0.1, -0.05) is 22.9 Å². The van der Waals surface area contributed by atoms with E-state index in [0.717, 1.165) is 10.7 Å². The molecule has 1 N–H and O–H groups in total. The van der Waals surface area contributed by atoms with E-state index >= 15 is 0 Å². The van der Waals surface area contributed by atoms with Crippen LogP contribution in [0.25, 0.3) is 4.96 Å². The minimum atomic E-state index is -4.19. The lowest BCUT2D eigenvalue weighted by Gasteiger charge is -2.07. The number of rotatable bonds is 8. The molecule has 3 rings (SSSR count). The maximum absolute atomic E-state index is 12.3. The molecule has 0 aliphatic heterocycles. The predicted octanol–water partition coefficient (Wildman–Crippen LogP) is 2.20. The molecule has 3 aromatic rings. The van der Waals surface area contributed by atoms with Crippen molar-refractivity contribution >= 4 is 43.9 Å². The number of aromatic nitrogens is 2. The topological polar surface area (TPSA) is 95.3 Å². The van der Waals surface area contributed by atoms with E-state index in [2.05, 4.69) is 5.32 Å². The van der Waals surface area contributed by atoms with Gasteiger partial charge in [-0.05, 0) is 37.1 Å². The fraction of sp³-hybridized carbons (Fsp3) is 0.294. The Hall–Kier alpha value is -1.94. The summed E-state index contributed by atoms with van der Waals surface area (Å²) in [7, 11) is -4.19. The predicted molar refractivity (Wildman–Crippen MR) is 102 cm³/mol. The zero-order valence-corrected chi connectivity index (χ0v) is 16.7. The Morgan fingerprint density at radius 2 is 2.00 bits per heavy atom. The van der Waals surface area contributed by atoms with Crippen LogP contribution in [-0.2, 0) is 23.2 Å². The third-order valence-electron chi connectivity index (χ3n) is 4.04. The molecule has 2 heterocycles. The number of carbonyl (C=O) groups excluding carboxylic acids is 1. The van der Waals surface area contributed by atoms with Gasteiger partial charge in [0.2, 0.25) is 0 Å². The Kier molecular flexibility index (Phi) is 6.15. The molecule has 0 fully saturated rings. The van der Waals surface area contributed by atoms with Crippen LogP contribution in [0.3, 0.4) is 0 Å². The number of hydrogen-bond acceptors (Lipinski definition) is 5. The van der Waals surface area contributed by atoms with Gasteiger partial charge in [0, 0.05) is 21.7 Å².